The van der Waals surface area contributed by atoms with Gasteiger partial charge in [-0.25, -0.2) is 0 Å². The van der Waals surface area contributed by atoms with Gasteiger partial charge in [0.05, 0.1) is 0 Å². The Morgan fingerprint density at radius 1 is 0.107 bits per heavy atom. The van der Waals surface area contributed by atoms with Gasteiger partial charge in [0.15, 0.2) is 0 Å². The van der Waals surface area contributed by atoms with Crippen LogP contribution in [0.15, 0.2) is 243 Å². The van der Waals surface area contributed by atoms with Crippen LogP contribution in [0, 0.1) is 0 Å². The van der Waals surface area contributed by atoms with Gasteiger partial charge in [-0.3, -0.25) is 0 Å². The molecule has 0 amide bonds. The summed E-state index contributed by atoms with van der Waals surface area (Å²) in [5, 5.41) is 21.2. The maximum Gasteiger partial charge on any atom is -0.0105 e. The summed E-state index contributed by atoms with van der Waals surface area (Å²) in [6.07, 6.45) is 0. The molecule has 12 aromatic carbocycles. The molecular formula is C56H40. The predicted octanol–water partition coefficient (Wildman–Crippen LogP) is 16.0. The number of benzene rings is 12. The molecule has 0 fully saturated rings. The lowest BCUT2D eigenvalue weighted by molar-refractivity contribution is 1.76. The van der Waals surface area contributed by atoms with Gasteiger partial charge in [0.1, 0.15) is 0 Å². The van der Waals surface area contributed by atoms with Crippen molar-refractivity contribution in [1.82, 2.24) is 0 Å². The van der Waals surface area contributed by atoms with Crippen molar-refractivity contribution in [2.45, 2.75) is 0 Å². The molecule has 0 saturated carbocycles. The first kappa shape index (κ1) is 34.5. The topological polar surface area (TPSA) is 0 Å². The van der Waals surface area contributed by atoms with Gasteiger partial charge >= 0.3 is 0 Å². The Hall–Kier alpha value is -7.28. The van der Waals surface area contributed by atoms with Crippen LogP contribution in [-0.2, 0) is 0 Å². The lowest BCUT2D eigenvalue weighted by Crippen LogP contribution is -1.75. The second-order valence-electron chi connectivity index (χ2n) is 14.0. The van der Waals surface area contributed by atoms with Gasteiger partial charge < -0.3 is 0 Å². The maximum absolute atomic E-state index is 2.18. The van der Waals surface area contributed by atoms with Gasteiger partial charge in [-0.1, -0.05) is 243 Å². The average Bonchev–Trinajstić information content (AvgIpc) is 3.29. The highest BCUT2D eigenvalue weighted by molar-refractivity contribution is 6.10. The highest BCUT2D eigenvalue weighted by Gasteiger charge is 2.00. The molecule has 0 bridgehead atoms. The van der Waals surface area contributed by atoms with E-state index in [0.717, 1.165) is 0 Å². The van der Waals surface area contributed by atoms with Crippen LogP contribution in [-0.4, -0.2) is 0 Å². The van der Waals surface area contributed by atoms with E-state index in [4.69, 9.17) is 0 Å². The minimum atomic E-state index is 1.31. The molecule has 0 aliphatic carbocycles. The average molecular weight is 713 g/mol. The Morgan fingerprint density at radius 3 is 0.339 bits per heavy atom. The normalized spacial score (nSPS) is 10.9. The minimum Gasteiger partial charge on any atom is -0.0616 e. The number of fused-ring (bicyclic) bond motifs is 12. The third-order valence-electron chi connectivity index (χ3n) is 10.6. The summed E-state index contributed by atoms with van der Waals surface area (Å²) >= 11 is 0. The van der Waals surface area contributed by atoms with Crippen molar-refractivity contribution in [3.63, 3.8) is 0 Å². The van der Waals surface area contributed by atoms with Crippen molar-refractivity contribution in [2.75, 3.05) is 0 Å². The maximum atomic E-state index is 2.18. The molecule has 0 atom stereocenters. The zero-order chi connectivity index (χ0) is 37.5. The van der Waals surface area contributed by atoms with E-state index in [2.05, 4.69) is 243 Å². The molecule has 264 valence electrons. The summed E-state index contributed by atoms with van der Waals surface area (Å²) in [6, 6.07) is 85.5. The van der Waals surface area contributed by atoms with Gasteiger partial charge in [0.25, 0.3) is 0 Å². The molecule has 12 aromatic rings. The van der Waals surface area contributed by atoms with Crippen LogP contribution in [0.1, 0.15) is 0 Å². The first-order chi connectivity index (χ1) is 27.8. The summed E-state index contributed by atoms with van der Waals surface area (Å²) in [5.41, 5.74) is 0. The van der Waals surface area contributed by atoms with Crippen LogP contribution in [0.4, 0.5) is 0 Å². The Balaban J connectivity index is 0.0000000975. The molecule has 0 N–H and O–H groups in total. The standard InChI is InChI=1S/4C14H10/c4*1-3-7-13-11(5-1)9-10-12-6-2-4-8-14(12)13/h4*1-10H. The summed E-state index contributed by atoms with van der Waals surface area (Å²) in [4.78, 5) is 0. The van der Waals surface area contributed by atoms with Crippen LogP contribution in [0.25, 0.3) is 86.2 Å². The predicted molar refractivity (Wildman–Crippen MR) is 246 cm³/mol. The molecule has 0 spiro atoms. The second-order valence-corrected chi connectivity index (χ2v) is 14.0. The zero-order valence-corrected chi connectivity index (χ0v) is 31.1. The summed E-state index contributed by atoms with van der Waals surface area (Å²) in [7, 11) is 0. The van der Waals surface area contributed by atoms with Crippen molar-refractivity contribution in [1.29, 1.82) is 0 Å². The largest absolute Gasteiger partial charge is 0.0616 e. The van der Waals surface area contributed by atoms with E-state index < -0.39 is 0 Å². The molecule has 56 heavy (non-hydrogen) atoms. The van der Waals surface area contributed by atoms with Gasteiger partial charge in [0.2, 0.25) is 0 Å². The lowest BCUT2D eigenvalue weighted by atomic mass is 10.0. The summed E-state index contributed by atoms with van der Waals surface area (Å²) in [5.74, 6) is 0. The molecule has 0 heteroatoms. The molecule has 0 heterocycles. The van der Waals surface area contributed by atoms with Crippen molar-refractivity contribution >= 4 is 86.2 Å². The van der Waals surface area contributed by atoms with E-state index in [1.165, 1.54) is 86.2 Å². The molecule has 0 nitrogen and oxygen atoms in total. The molecule has 0 aromatic heterocycles. The van der Waals surface area contributed by atoms with E-state index in [0.29, 0.717) is 0 Å². The molecule has 0 radical (unpaired) electrons. The van der Waals surface area contributed by atoms with Gasteiger partial charge in [-0.2, -0.15) is 0 Å². The second kappa shape index (κ2) is 16.0. The fraction of sp³-hybridized carbons (Fsp3) is 0. The monoisotopic (exact) mass is 712 g/mol. The Kier molecular flexibility index (Phi) is 9.84. The van der Waals surface area contributed by atoms with Crippen molar-refractivity contribution in [3.05, 3.63) is 243 Å². The number of hydrogen-bond donors (Lipinski definition) is 0. The zero-order valence-electron chi connectivity index (χ0n) is 31.1. The van der Waals surface area contributed by atoms with Crippen LogP contribution in [0.2, 0.25) is 0 Å². The van der Waals surface area contributed by atoms with E-state index in [9.17, 15) is 0 Å². The van der Waals surface area contributed by atoms with E-state index in [-0.39, 0.29) is 0 Å². The van der Waals surface area contributed by atoms with Gasteiger partial charge in [0, 0.05) is 0 Å². The number of hydrogen-bond acceptors (Lipinski definition) is 0. The fourth-order valence-corrected chi connectivity index (χ4v) is 7.82. The quantitative estimate of drug-likeness (QED) is 0.137. The highest BCUT2D eigenvalue weighted by atomic mass is 14.0. The molecule has 0 aliphatic rings. The summed E-state index contributed by atoms with van der Waals surface area (Å²) in [6.45, 7) is 0. The van der Waals surface area contributed by atoms with Crippen molar-refractivity contribution in [3.8, 4) is 0 Å². The van der Waals surface area contributed by atoms with E-state index in [1.807, 2.05) is 0 Å². The smallest absolute Gasteiger partial charge is 0.0105 e. The lowest BCUT2D eigenvalue weighted by Gasteiger charge is -2.02. The van der Waals surface area contributed by atoms with Crippen molar-refractivity contribution in [2.24, 2.45) is 0 Å². The van der Waals surface area contributed by atoms with Crippen LogP contribution in [0.3, 0.4) is 0 Å². The first-order valence-corrected chi connectivity index (χ1v) is 19.3. The highest BCUT2D eigenvalue weighted by Crippen LogP contribution is 2.27. The Bertz CT molecular complexity index is 2600. The summed E-state index contributed by atoms with van der Waals surface area (Å²) < 4.78 is 0. The molecule has 12 rings (SSSR count). The SMILES string of the molecule is c1ccc2c(c1)ccc1ccccc12.c1ccc2c(c1)ccc1ccccc12.c1ccc2c(c1)ccc1ccccc12.c1ccc2c(c1)ccc1ccccc12. The Morgan fingerprint density at radius 2 is 0.214 bits per heavy atom. The van der Waals surface area contributed by atoms with E-state index >= 15 is 0 Å². The third kappa shape index (κ3) is 7.17. The molecule has 0 saturated heterocycles. The van der Waals surface area contributed by atoms with Gasteiger partial charge in [-0.15, -0.1) is 0 Å². The van der Waals surface area contributed by atoms with Crippen molar-refractivity contribution < 1.29 is 0 Å². The minimum absolute atomic E-state index is 1.31. The molecule has 0 unspecified atom stereocenters. The Labute approximate surface area is 327 Å². The van der Waals surface area contributed by atoms with E-state index in [1.54, 1.807) is 0 Å². The van der Waals surface area contributed by atoms with Crippen LogP contribution in [0.5, 0.6) is 0 Å². The van der Waals surface area contributed by atoms with Crippen LogP contribution < -0.4 is 0 Å². The van der Waals surface area contributed by atoms with Gasteiger partial charge in [-0.05, 0) is 86.2 Å². The fourth-order valence-electron chi connectivity index (χ4n) is 7.82. The molecular weight excluding hydrogens is 673 g/mol. The number of rotatable bonds is 0. The first-order valence-electron chi connectivity index (χ1n) is 19.3. The third-order valence-corrected chi connectivity index (χ3v) is 10.6. The molecule has 0 aliphatic heterocycles. The van der Waals surface area contributed by atoms with Crippen LogP contribution >= 0.6 is 0 Å².